The van der Waals surface area contributed by atoms with Crippen LogP contribution in [-0.4, -0.2) is 65.0 Å². The van der Waals surface area contributed by atoms with Crippen LogP contribution in [0.1, 0.15) is 44.9 Å². The quantitative estimate of drug-likeness (QED) is 0.231. The molecule has 1 saturated carbocycles. The predicted octanol–water partition coefficient (Wildman–Crippen LogP) is 0.708. The number of likely N-dealkylation sites (tertiary alicyclic amines) is 1. The number of nitrogens with zero attached hydrogens (tertiary/aromatic N) is 2. The van der Waals surface area contributed by atoms with E-state index in [0.717, 1.165) is 25.7 Å². The van der Waals surface area contributed by atoms with Gasteiger partial charge in [0.25, 0.3) is 5.91 Å². The molecule has 0 aromatic heterocycles. The smallest absolute Gasteiger partial charge is 0.259 e. The Kier molecular flexibility index (Phi) is 7.62. The summed E-state index contributed by atoms with van der Waals surface area (Å²) in [5, 5.41) is 15.5. The molecular weight excluding hydrogens is 388 g/mol. The normalized spacial score (nSPS) is 22.2. The second kappa shape index (κ2) is 10.4. The van der Waals surface area contributed by atoms with Gasteiger partial charge in [-0.05, 0) is 25.2 Å². The lowest BCUT2D eigenvalue weighted by Crippen LogP contribution is -2.50. The first-order valence-corrected chi connectivity index (χ1v) is 10.7. The lowest BCUT2D eigenvalue weighted by atomic mass is 9.91. The van der Waals surface area contributed by atoms with Crippen LogP contribution in [0.2, 0.25) is 0 Å². The van der Waals surface area contributed by atoms with Crippen molar-refractivity contribution >= 4 is 24.1 Å². The molecule has 3 N–H and O–H groups in total. The zero-order chi connectivity index (χ0) is 21.5. The summed E-state index contributed by atoms with van der Waals surface area (Å²) in [5.41, 5.74) is 0.353. The molecule has 0 unspecified atom stereocenters. The van der Waals surface area contributed by atoms with Crippen molar-refractivity contribution in [1.82, 2.24) is 20.6 Å². The summed E-state index contributed by atoms with van der Waals surface area (Å²) < 4.78 is 0. The number of hydroxylamine groups is 2. The number of nitrogens with one attached hydrogen (secondary N) is 2. The fraction of sp³-hybridized carbons (Fsp3) is 0.619. The van der Waals surface area contributed by atoms with Gasteiger partial charge >= 0.3 is 0 Å². The van der Waals surface area contributed by atoms with Crippen LogP contribution in [-0.2, 0) is 19.2 Å². The second-order valence-electron chi connectivity index (χ2n) is 8.23. The van der Waals surface area contributed by atoms with E-state index in [1.54, 1.807) is 18.4 Å². The van der Waals surface area contributed by atoms with Crippen LogP contribution in [0, 0.1) is 11.8 Å². The number of rotatable bonds is 8. The highest BCUT2D eigenvalue weighted by molar-refractivity contribution is 6.07. The Bertz CT molecular complexity index is 729. The summed E-state index contributed by atoms with van der Waals surface area (Å²) in [4.78, 5) is 50.7. The Balaban J connectivity index is 1.66. The number of imide groups is 1. The Hall–Kier alpha value is -2.68. The van der Waals surface area contributed by atoms with Gasteiger partial charge in [0.2, 0.25) is 18.2 Å². The number of carbonyl (C=O) groups excluding carboxylic acids is 4. The lowest BCUT2D eigenvalue weighted by molar-refractivity contribution is -0.158. The first kappa shape index (κ1) is 22.0. The van der Waals surface area contributed by atoms with Crippen molar-refractivity contribution in [2.24, 2.45) is 11.8 Å². The van der Waals surface area contributed by atoms with Gasteiger partial charge in [0, 0.05) is 19.3 Å². The molecule has 2 heterocycles. The lowest BCUT2D eigenvalue weighted by Gasteiger charge is -2.30. The molecule has 1 aliphatic carbocycles. The molecular formula is C21H30N4O5. The van der Waals surface area contributed by atoms with Gasteiger partial charge in [-0.3, -0.25) is 29.7 Å². The summed E-state index contributed by atoms with van der Waals surface area (Å²) in [6.45, 7) is 0.954. The van der Waals surface area contributed by atoms with E-state index in [-0.39, 0.29) is 12.5 Å². The van der Waals surface area contributed by atoms with Crippen LogP contribution in [0.15, 0.2) is 23.9 Å². The van der Waals surface area contributed by atoms with E-state index in [4.69, 9.17) is 0 Å². The van der Waals surface area contributed by atoms with Gasteiger partial charge in [0.05, 0.1) is 18.0 Å². The average molecular weight is 418 g/mol. The molecule has 4 amide bonds. The SMILES string of the molecule is O=CN(O)C[C@@H](CC1CCCC1)C(=O)N1CCC[C@H]1C(=O)NC(=O)C1=CNCC=C1. The van der Waals surface area contributed by atoms with E-state index < -0.39 is 23.8 Å². The highest BCUT2D eigenvalue weighted by atomic mass is 16.5. The monoisotopic (exact) mass is 418 g/mol. The molecule has 0 spiro atoms. The summed E-state index contributed by atoms with van der Waals surface area (Å²) >= 11 is 0. The van der Waals surface area contributed by atoms with Crippen LogP contribution in [0.25, 0.3) is 0 Å². The highest BCUT2D eigenvalue weighted by Crippen LogP contribution is 2.32. The third-order valence-corrected chi connectivity index (χ3v) is 6.10. The van der Waals surface area contributed by atoms with Gasteiger partial charge in [-0.2, -0.15) is 0 Å². The summed E-state index contributed by atoms with van der Waals surface area (Å²) in [5.74, 6) is -1.44. The predicted molar refractivity (Wildman–Crippen MR) is 108 cm³/mol. The topological polar surface area (TPSA) is 119 Å². The maximum Gasteiger partial charge on any atom is 0.259 e. The molecule has 0 aromatic rings. The molecule has 9 nitrogen and oxygen atoms in total. The molecule has 2 aliphatic heterocycles. The minimum absolute atomic E-state index is 0.0913. The van der Waals surface area contributed by atoms with Crippen molar-refractivity contribution in [3.63, 3.8) is 0 Å². The Morgan fingerprint density at radius 1 is 1.27 bits per heavy atom. The van der Waals surface area contributed by atoms with Crippen LogP contribution < -0.4 is 10.6 Å². The fourth-order valence-corrected chi connectivity index (χ4v) is 4.59. The number of hydrogen-bond donors (Lipinski definition) is 3. The third-order valence-electron chi connectivity index (χ3n) is 6.10. The zero-order valence-electron chi connectivity index (χ0n) is 17.1. The van der Waals surface area contributed by atoms with Crippen LogP contribution >= 0.6 is 0 Å². The summed E-state index contributed by atoms with van der Waals surface area (Å²) in [6.07, 6.45) is 11.3. The molecule has 3 rings (SSSR count). The molecule has 3 aliphatic rings. The van der Waals surface area contributed by atoms with Crippen LogP contribution in [0.5, 0.6) is 0 Å². The maximum absolute atomic E-state index is 13.3. The third kappa shape index (κ3) is 5.47. The van der Waals surface area contributed by atoms with Gasteiger partial charge in [0.15, 0.2) is 0 Å². The van der Waals surface area contributed by atoms with E-state index in [0.29, 0.717) is 55.3 Å². The first-order chi connectivity index (χ1) is 14.5. The molecule has 164 valence electrons. The van der Waals surface area contributed by atoms with Crippen molar-refractivity contribution in [2.75, 3.05) is 19.6 Å². The average Bonchev–Trinajstić information content (AvgIpc) is 3.45. The van der Waals surface area contributed by atoms with Gasteiger partial charge in [-0.15, -0.1) is 0 Å². The molecule has 2 fully saturated rings. The Labute approximate surface area is 176 Å². The maximum atomic E-state index is 13.3. The second-order valence-corrected chi connectivity index (χ2v) is 8.23. The van der Waals surface area contributed by atoms with Crippen LogP contribution in [0.3, 0.4) is 0 Å². The number of hydrogen-bond acceptors (Lipinski definition) is 6. The van der Waals surface area contributed by atoms with Gasteiger partial charge < -0.3 is 10.2 Å². The minimum atomic E-state index is -0.725. The fourth-order valence-electron chi connectivity index (χ4n) is 4.59. The largest absolute Gasteiger partial charge is 0.387 e. The van der Waals surface area contributed by atoms with Gasteiger partial charge in [-0.25, -0.2) is 5.06 Å². The minimum Gasteiger partial charge on any atom is -0.387 e. The van der Waals surface area contributed by atoms with E-state index in [2.05, 4.69) is 10.6 Å². The van der Waals surface area contributed by atoms with Crippen molar-refractivity contribution < 1.29 is 24.4 Å². The molecule has 0 aromatic carbocycles. The summed E-state index contributed by atoms with van der Waals surface area (Å²) in [7, 11) is 0. The van der Waals surface area contributed by atoms with E-state index in [1.165, 1.54) is 4.90 Å². The summed E-state index contributed by atoms with van der Waals surface area (Å²) in [6, 6.07) is -0.725. The first-order valence-electron chi connectivity index (χ1n) is 10.7. The van der Waals surface area contributed by atoms with Gasteiger partial charge in [0.1, 0.15) is 6.04 Å². The molecule has 0 radical (unpaired) electrons. The number of carbonyl (C=O) groups is 4. The van der Waals surface area contributed by atoms with E-state index in [1.807, 2.05) is 0 Å². The molecule has 0 bridgehead atoms. The molecule has 1 saturated heterocycles. The number of amides is 4. The Morgan fingerprint density at radius 3 is 2.70 bits per heavy atom. The molecule has 30 heavy (non-hydrogen) atoms. The van der Waals surface area contributed by atoms with Gasteiger partial charge in [-0.1, -0.05) is 37.8 Å². The van der Waals surface area contributed by atoms with Crippen LogP contribution in [0.4, 0.5) is 0 Å². The zero-order valence-corrected chi connectivity index (χ0v) is 17.1. The van der Waals surface area contributed by atoms with Crippen molar-refractivity contribution in [3.05, 3.63) is 23.9 Å². The van der Waals surface area contributed by atoms with Crippen molar-refractivity contribution in [3.8, 4) is 0 Å². The number of dihydropyridines is 1. The van der Waals surface area contributed by atoms with E-state index >= 15 is 0 Å². The molecule has 9 heteroatoms. The van der Waals surface area contributed by atoms with Crippen molar-refractivity contribution in [2.45, 2.75) is 51.0 Å². The highest BCUT2D eigenvalue weighted by Gasteiger charge is 2.39. The standard InChI is InChI=1S/C21H30N4O5/c26-14-24(30)13-17(11-15-5-1-2-6-15)21(29)25-10-4-8-18(25)20(28)23-19(27)16-7-3-9-22-12-16/h3,7,12,14-15,17-18,22,30H,1-2,4-6,8-11,13H2,(H,23,27,28)/t17-,18+/m1/s1. The van der Waals surface area contributed by atoms with Crippen molar-refractivity contribution in [1.29, 1.82) is 0 Å². The Morgan fingerprint density at radius 2 is 2.03 bits per heavy atom. The molecule has 2 atom stereocenters. The van der Waals surface area contributed by atoms with E-state index in [9.17, 15) is 24.4 Å².